The molecule has 0 atom stereocenters. The molecule has 2 aromatic rings. The van der Waals surface area contributed by atoms with Crippen LogP contribution in [0.4, 0.5) is 10.9 Å². The first kappa shape index (κ1) is 20.2. The van der Waals surface area contributed by atoms with Gasteiger partial charge in [-0.3, -0.25) is 0 Å². The second-order valence-electron chi connectivity index (χ2n) is 6.63. The number of aryl methyl sites for hydroxylation is 1. The van der Waals surface area contributed by atoms with Gasteiger partial charge in [0.05, 0.1) is 5.69 Å². The van der Waals surface area contributed by atoms with Crippen LogP contribution < -0.4 is 5.32 Å². The van der Waals surface area contributed by atoms with E-state index in [0.29, 0.717) is 26.2 Å². The first-order chi connectivity index (χ1) is 12.9. The molecule has 0 aliphatic carbocycles. The molecule has 7 nitrogen and oxygen atoms in total. The fourth-order valence-corrected chi connectivity index (χ4v) is 5.71. The Kier molecular flexibility index (Phi) is 6.46. The summed E-state index contributed by atoms with van der Waals surface area (Å²) in [6.07, 6.45) is 1.57. The van der Waals surface area contributed by atoms with E-state index in [-0.39, 0.29) is 5.92 Å². The molecule has 0 unspecified atom stereocenters. The monoisotopic (exact) mass is 409 g/mol. The molecule has 0 bridgehead atoms. The van der Waals surface area contributed by atoms with Gasteiger partial charge in [0.25, 0.3) is 10.2 Å². The Hall–Kier alpha value is -1.55. The third-order valence-corrected chi connectivity index (χ3v) is 7.92. The zero-order valence-corrected chi connectivity index (χ0v) is 17.7. The highest BCUT2D eigenvalue weighted by Gasteiger charge is 2.32. The molecular formula is C18H27N5O2S2. The molecule has 0 amide bonds. The van der Waals surface area contributed by atoms with Gasteiger partial charge in [-0.2, -0.15) is 17.0 Å². The van der Waals surface area contributed by atoms with Crippen LogP contribution in [0.5, 0.6) is 0 Å². The van der Waals surface area contributed by atoms with Crippen molar-refractivity contribution in [1.29, 1.82) is 0 Å². The minimum Gasteiger partial charge on any atom is -0.316 e. The first-order valence-corrected chi connectivity index (χ1v) is 11.6. The third kappa shape index (κ3) is 4.66. The molecule has 1 aliphatic heterocycles. The van der Waals surface area contributed by atoms with E-state index in [4.69, 9.17) is 4.98 Å². The van der Waals surface area contributed by atoms with Crippen LogP contribution in [0.25, 0.3) is 0 Å². The molecule has 3 heterocycles. The quantitative estimate of drug-likeness (QED) is 0.759. The summed E-state index contributed by atoms with van der Waals surface area (Å²) in [5, 5.41) is 6.08. The van der Waals surface area contributed by atoms with E-state index >= 15 is 0 Å². The molecule has 1 aliphatic rings. The van der Waals surface area contributed by atoms with E-state index in [0.717, 1.165) is 35.2 Å². The largest absolute Gasteiger partial charge is 0.316 e. The number of hydrogen-bond donors (Lipinski definition) is 1. The molecule has 3 rings (SSSR count). The zero-order chi connectivity index (χ0) is 19.4. The lowest BCUT2D eigenvalue weighted by Crippen LogP contribution is -2.46. The van der Waals surface area contributed by atoms with Crippen molar-refractivity contribution in [3.8, 4) is 0 Å². The minimum atomic E-state index is -3.35. The van der Waals surface area contributed by atoms with Gasteiger partial charge in [0.1, 0.15) is 5.82 Å². The maximum Gasteiger partial charge on any atom is 0.281 e. The lowest BCUT2D eigenvalue weighted by molar-refractivity contribution is 0.289. The Bertz CT molecular complexity index is 856. The number of rotatable bonds is 7. The Balaban J connectivity index is 1.65. The zero-order valence-electron chi connectivity index (χ0n) is 16.1. The number of nitrogens with one attached hydrogen (secondary N) is 1. The van der Waals surface area contributed by atoms with Crippen molar-refractivity contribution in [2.45, 2.75) is 39.5 Å². The highest BCUT2D eigenvalue weighted by atomic mass is 32.2. The summed E-state index contributed by atoms with van der Waals surface area (Å²) >= 11 is 1.56. The van der Waals surface area contributed by atoms with E-state index in [9.17, 15) is 8.42 Å². The van der Waals surface area contributed by atoms with E-state index in [2.05, 4.69) is 10.3 Å². The topological polar surface area (TPSA) is 78.4 Å². The van der Waals surface area contributed by atoms with Crippen molar-refractivity contribution in [2.24, 2.45) is 0 Å². The molecule has 1 N–H and O–H groups in total. The second-order valence-corrected chi connectivity index (χ2v) is 9.42. The Morgan fingerprint density at radius 2 is 1.93 bits per heavy atom. The van der Waals surface area contributed by atoms with Crippen LogP contribution in [-0.2, 0) is 10.2 Å². The molecule has 9 heteroatoms. The number of anilines is 2. The van der Waals surface area contributed by atoms with Crippen molar-refractivity contribution in [3.05, 3.63) is 35.0 Å². The average Bonchev–Trinajstić information content (AvgIpc) is 3.07. The van der Waals surface area contributed by atoms with E-state index in [1.165, 1.54) is 4.31 Å². The molecule has 0 aromatic carbocycles. The number of piperidine rings is 1. The van der Waals surface area contributed by atoms with Crippen molar-refractivity contribution in [1.82, 2.24) is 18.6 Å². The van der Waals surface area contributed by atoms with Crippen LogP contribution in [0.15, 0.2) is 23.6 Å². The molecule has 0 radical (unpaired) electrons. The van der Waals surface area contributed by atoms with Crippen molar-refractivity contribution < 1.29 is 8.42 Å². The van der Waals surface area contributed by atoms with Gasteiger partial charge in [-0.1, -0.05) is 19.9 Å². The van der Waals surface area contributed by atoms with Crippen LogP contribution in [-0.4, -0.2) is 53.2 Å². The molecule has 2 aromatic heterocycles. The maximum atomic E-state index is 12.7. The maximum absolute atomic E-state index is 12.7. The molecule has 1 saturated heterocycles. The SMILES string of the molecule is CCN(CC)S(=O)(=O)N1CCC(c2cccc(Nc3nc(C)cs3)n2)CC1. The van der Waals surface area contributed by atoms with Gasteiger partial charge in [-0.15, -0.1) is 11.3 Å². The first-order valence-electron chi connectivity index (χ1n) is 9.35. The highest BCUT2D eigenvalue weighted by Crippen LogP contribution is 2.30. The summed E-state index contributed by atoms with van der Waals surface area (Å²) < 4.78 is 28.5. The van der Waals surface area contributed by atoms with Crippen LogP contribution >= 0.6 is 11.3 Å². The van der Waals surface area contributed by atoms with Crippen LogP contribution in [0, 0.1) is 6.92 Å². The van der Waals surface area contributed by atoms with Crippen molar-refractivity contribution in [2.75, 3.05) is 31.5 Å². The lowest BCUT2D eigenvalue weighted by Gasteiger charge is -2.34. The molecule has 27 heavy (non-hydrogen) atoms. The van der Waals surface area contributed by atoms with Crippen LogP contribution in [0.1, 0.15) is 44.0 Å². The number of nitrogens with zero attached hydrogens (tertiary/aromatic N) is 4. The Morgan fingerprint density at radius 1 is 1.22 bits per heavy atom. The smallest absolute Gasteiger partial charge is 0.281 e. The lowest BCUT2D eigenvalue weighted by atomic mass is 9.94. The Labute approximate surface area is 165 Å². The highest BCUT2D eigenvalue weighted by molar-refractivity contribution is 7.86. The summed E-state index contributed by atoms with van der Waals surface area (Å²) in [6.45, 7) is 7.80. The minimum absolute atomic E-state index is 0.271. The standard InChI is InChI=1S/C18H27N5O2S2/c1-4-22(5-2)27(24,25)23-11-9-15(10-12-23)16-7-6-8-17(20-16)21-18-19-14(3)13-26-18/h6-8,13,15H,4-5,9-12H2,1-3H3,(H,19,20,21). The predicted octanol–water partition coefficient (Wildman–Crippen LogP) is 3.36. The summed E-state index contributed by atoms with van der Waals surface area (Å²) in [7, 11) is -3.35. The second kappa shape index (κ2) is 8.64. The Morgan fingerprint density at radius 3 is 2.52 bits per heavy atom. The normalized spacial score (nSPS) is 16.7. The summed E-state index contributed by atoms with van der Waals surface area (Å²) in [5.41, 5.74) is 1.99. The fraction of sp³-hybridized carbons (Fsp3) is 0.556. The average molecular weight is 410 g/mol. The van der Waals surface area contributed by atoms with Gasteiger partial charge >= 0.3 is 0 Å². The van der Waals surface area contributed by atoms with Gasteiger partial charge < -0.3 is 5.32 Å². The van der Waals surface area contributed by atoms with Gasteiger partial charge in [0, 0.05) is 43.2 Å². The number of pyridine rings is 1. The number of thiazole rings is 1. The number of hydrogen-bond acceptors (Lipinski definition) is 6. The summed E-state index contributed by atoms with van der Waals surface area (Å²) in [4.78, 5) is 9.14. The summed E-state index contributed by atoms with van der Waals surface area (Å²) in [5.74, 6) is 1.05. The van der Waals surface area contributed by atoms with Crippen LogP contribution in [0.3, 0.4) is 0 Å². The number of aromatic nitrogens is 2. The molecule has 0 saturated carbocycles. The van der Waals surface area contributed by atoms with Gasteiger partial charge in [0.2, 0.25) is 0 Å². The predicted molar refractivity (Wildman–Crippen MR) is 110 cm³/mol. The molecule has 0 spiro atoms. The van der Waals surface area contributed by atoms with Crippen molar-refractivity contribution in [3.63, 3.8) is 0 Å². The van der Waals surface area contributed by atoms with E-state index in [1.54, 1.807) is 15.6 Å². The summed E-state index contributed by atoms with van der Waals surface area (Å²) in [6, 6.07) is 5.95. The van der Waals surface area contributed by atoms with E-state index in [1.807, 2.05) is 44.4 Å². The van der Waals surface area contributed by atoms with Crippen molar-refractivity contribution >= 4 is 32.5 Å². The van der Waals surface area contributed by atoms with Gasteiger partial charge in [0.15, 0.2) is 5.13 Å². The van der Waals surface area contributed by atoms with Gasteiger partial charge in [-0.25, -0.2) is 9.97 Å². The fourth-order valence-electron chi connectivity index (χ4n) is 3.36. The molecular weight excluding hydrogens is 382 g/mol. The van der Waals surface area contributed by atoms with Crippen LogP contribution in [0.2, 0.25) is 0 Å². The van der Waals surface area contributed by atoms with Gasteiger partial charge in [-0.05, 0) is 31.9 Å². The molecule has 1 fully saturated rings. The van der Waals surface area contributed by atoms with E-state index < -0.39 is 10.2 Å². The molecule has 148 valence electrons. The third-order valence-electron chi connectivity index (χ3n) is 4.85.